The number of carbonyl (C=O) groups is 1. The fourth-order valence-electron chi connectivity index (χ4n) is 4.20. The third kappa shape index (κ3) is 24.3. The summed E-state index contributed by atoms with van der Waals surface area (Å²) in [4.78, 5) is 12.2. The van der Waals surface area contributed by atoms with Gasteiger partial charge in [0.15, 0.2) is 0 Å². The predicted molar refractivity (Wildman–Crippen MR) is 156 cm³/mol. The van der Waals surface area contributed by atoms with Crippen LogP contribution in [0.5, 0.6) is 0 Å². The minimum Gasteiger partial charge on any atom is -0.394 e. The molecule has 210 valence electrons. The van der Waals surface area contributed by atoms with Gasteiger partial charge in [0.05, 0.1) is 18.8 Å². The van der Waals surface area contributed by atoms with Crippen molar-refractivity contribution in [2.24, 2.45) is 0 Å². The monoisotopic (exact) mass is 505 g/mol. The van der Waals surface area contributed by atoms with Crippen LogP contribution in [0.15, 0.2) is 36.5 Å². The van der Waals surface area contributed by atoms with E-state index < -0.39 is 12.1 Å². The number of nitrogens with one attached hydrogen (secondary N) is 1. The summed E-state index contributed by atoms with van der Waals surface area (Å²) in [6.07, 6.45) is 34.7. The van der Waals surface area contributed by atoms with Gasteiger partial charge >= 0.3 is 0 Å². The van der Waals surface area contributed by atoms with Crippen LogP contribution in [-0.4, -0.2) is 34.9 Å². The van der Waals surface area contributed by atoms with Crippen LogP contribution in [0.3, 0.4) is 0 Å². The van der Waals surface area contributed by atoms with E-state index in [4.69, 9.17) is 0 Å². The minimum absolute atomic E-state index is 0.0613. The standard InChI is InChI=1S/C32H59NO3/c1-3-5-7-9-11-13-14-15-16-17-18-20-22-24-26-28-32(36)33-30(29-34)31(35)27-25-23-21-19-12-10-8-6-4-2/h11-13,15-16,19,30-31,34-35H,3-10,14,17-18,20-29H2,1-2H3,(H,33,36)/b13-11+,16-15+,19-12+/t30-,31+/m0/s1. The van der Waals surface area contributed by atoms with E-state index in [0.29, 0.717) is 12.8 Å². The number of allylic oxidation sites excluding steroid dienone is 6. The van der Waals surface area contributed by atoms with E-state index in [1.807, 2.05) is 0 Å². The molecule has 0 aromatic rings. The molecule has 0 radical (unpaired) electrons. The van der Waals surface area contributed by atoms with Gasteiger partial charge < -0.3 is 15.5 Å². The highest BCUT2D eigenvalue weighted by atomic mass is 16.3. The zero-order valence-corrected chi connectivity index (χ0v) is 23.8. The zero-order valence-electron chi connectivity index (χ0n) is 23.8. The molecule has 0 unspecified atom stereocenters. The lowest BCUT2D eigenvalue weighted by Gasteiger charge is -2.22. The first-order valence-corrected chi connectivity index (χ1v) is 15.2. The number of rotatable bonds is 26. The highest BCUT2D eigenvalue weighted by Gasteiger charge is 2.19. The molecule has 0 rings (SSSR count). The molecule has 3 N–H and O–H groups in total. The number of hydrogen-bond acceptors (Lipinski definition) is 3. The number of aliphatic hydroxyl groups excluding tert-OH is 2. The largest absolute Gasteiger partial charge is 0.394 e. The number of hydrogen-bond donors (Lipinski definition) is 3. The van der Waals surface area contributed by atoms with Gasteiger partial charge in [-0.15, -0.1) is 0 Å². The maximum Gasteiger partial charge on any atom is 0.220 e. The van der Waals surface area contributed by atoms with Gasteiger partial charge in [0.1, 0.15) is 0 Å². The summed E-state index contributed by atoms with van der Waals surface area (Å²) in [6, 6.07) is -0.556. The van der Waals surface area contributed by atoms with Crippen LogP contribution in [0.1, 0.15) is 142 Å². The highest BCUT2D eigenvalue weighted by molar-refractivity contribution is 5.76. The third-order valence-corrected chi connectivity index (χ3v) is 6.62. The Bertz CT molecular complexity index is 556. The fourth-order valence-corrected chi connectivity index (χ4v) is 4.20. The van der Waals surface area contributed by atoms with Crippen molar-refractivity contribution in [3.8, 4) is 0 Å². The van der Waals surface area contributed by atoms with Crippen molar-refractivity contribution in [1.29, 1.82) is 0 Å². The van der Waals surface area contributed by atoms with E-state index in [9.17, 15) is 15.0 Å². The summed E-state index contributed by atoms with van der Waals surface area (Å²) in [6.45, 7) is 4.24. The molecule has 0 fully saturated rings. The van der Waals surface area contributed by atoms with Gasteiger partial charge in [-0.3, -0.25) is 4.79 Å². The van der Waals surface area contributed by atoms with Gasteiger partial charge in [0, 0.05) is 6.42 Å². The summed E-state index contributed by atoms with van der Waals surface area (Å²) in [5.41, 5.74) is 0. The van der Waals surface area contributed by atoms with E-state index in [1.165, 1.54) is 57.8 Å². The molecule has 36 heavy (non-hydrogen) atoms. The second-order valence-corrected chi connectivity index (χ2v) is 10.2. The number of unbranched alkanes of at least 4 members (excludes halogenated alkanes) is 13. The maximum atomic E-state index is 12.2. The molecule has 4 heteroatoms. The molecule has 0 aliphatic heterocycles. The summed E-state index contributed by atoms with van der Waals surface area (Å²) < 4.78 is 0. The topological polar surface area (TPSA) is 69.6 Å². The van der Waals surface area contributed by atoms with Crippen molar-refractivity contribution in [3.05, 3.63) is 36.5 Å². The van der Waals surface area contributed by atoms with Crippen molar-refractivity contribution in [2.45, 2.75) is 154 Å². The zero-order chi connectivity index (χ0) is 26.5. The van der Waals surface area contributed by atoms with Gasteiger partial charge in [0.25, 0.3) is 0 Å². The molecular weight excluding hydrogens is 446 g/mol. The molecule has 1 amide bonds. The van der Waals surface area contributed by atoms with Gasteiger partial charge in [-0.2, -0.15) is 0 Å². The first kappa shape index (κ1) is 34.6. The Labute approximate surface area is 223 Å². The fraction of sp³-hybridized carbons (Fsp3) is 0.781. The van der Waals surface area contributed by atoms with Crippen LogP contribution >= 0.6 is 0 Å². The Morgan fingerprint density at radius 3 is 1.69 bits per heavy atom. The number of amides is 1. The predicted octanol–water partition coefficient (Wildman–Crippen LogP) is 8.33. The van der Waals surface area contributed by atoms with Gasteiger partial charge in [-0.25, -0.2) is 0 Å². The van der Waals surface area contributed by atoms with Crippen LogP contribution < -0.4 is 5.32 Å². The highest BCUT2D eigenvalue weighted by Crippen LogP contribution is 2.11. The molecule has 0 heterocycles. The van der Waals surface area contributed by atoms with E-state index in [2.05, 4.69) is 55.6 Å². The first-order chi connectivity index (χ1) is 17.7. The lowest BCUT2D eigenvalue weighted by molar-refractivity contribution is -0.123. The van der Waals surface area contributed by atoms with E-state index in [-0.39, 0.29) is 12.5 Å². The first-order valence-electron chi connectivity index (χ1n) is 15.2. The summed E-state index contributed by atoms with van der Waals surface area (Å²) in [5.74, 6) is -0.0613. The van der Waals surface area contributed by atoms with E-state index in [0.717, 1.165) is 57.8 Å². The second-order valence-electron chi connectivity index (χ2n) is 10.2. The molecule has 0 spiro atoms. The van der Waals surface area contributed by atoms with Gasteiger partial charge in [-0.05, 0) is 70.6 Å². The van der Waals surface area contributed by atoms with Crippen LogP contribution in [0.25, 0.3) is 0 Å². The average molecular weight is 506 g/mol. The molecular formula is C32H59NO3. The molecule has 4 nitrogen and oxygen atoms in total. The number of aliphatic hydroxyl groups is 2. The van der Waals surface area contributed by atoms with E-state index >= 15 is 0 Å². The van der Waals surface area contributed by atoms with E-state index in [1.54, 1.807) is 0 Å². The third-order valence-electron chi connectivity index (χ3n) is 6.62. The molecule has 0 aliphatic carbocycles. The average Bonchev–Trinajstić information content (AvgIpc) is 2.88. The smallest absolute Gasteiger partial charge is 0.220 e. The van der Waals surface area contributed by atoms with Crippen molar-refractivity contribution in [1.82, 2.24) is 5.32 Å². The molecule has 0 aromatic heterocycles. The van der Waals surface area contributed by atoms with Crippen molar-refractivity contribution < 1.29 is 15.0 Å². The summed E-state index contributed by atoms with van der Waals surface area (Å²) in [7, 11) is 0. The van der Waals surface area contributed by atoms with Gasteiger partial charge in [-0.1, -0.05) is 102 Å². The Morgan fingerprint density at radius 2 is 1.14 bits per heavy atom. The van der Waals surface area contributed by atoms with Crippen molar-refractivity contribution in [3.63, 3.8) is 0 Å². The number of carbonyl (C=O) groups excluding carboxylic acids is 1. The summed E-state index contributed by atoms with van der Waals surface area (Å²) in [5, 5.41) is 22.8. The van der Waals surface area contributed by atoms with Gasteiger partial charge in [0.2, 0.25) is 5.91 Å². The lowest BCUT2D eigenvalue weighted by Crippen LogP contribution is -2.45. The Morgan fingerprint density at radius 1 is 0.667 bits per heavy atom. The quantitative estimate of drug-likeness (QED) is 0.0817. The maximum absolute atomic E-state index is 12.2. The van der Waals surface area contributed by atoms with Crippen LogP contribution in [0.4, 0.5) is 0 Å². The normalized spacial score (nSPS) is 13.8. The van der Waals surface area contributed by atoms with Crippen LogP contribution in [-0.2, 0) is 4.79 Å². The molecule has 0 saturated heterocycles. The molecule has 0 aromatic carbocycles. The summed E-state index contributed by atoms with van der Waals surface area (Å²) >= 11 is 0. The minimum atomic E-state index is -0.683. The lowest BCUT2D eigenvalue weighted by atomic mass is 10.0. The molecule has 0 bridgehead atoms. The van der Waals surface area contributed by atoms with Crippen LogP contribution in [0, 0.1) is 0 Å². The molecule has 2 atom stereocenters. The Hall–Kier alpha value is -1.39. The molecule has 0 aliphatic rings. The Kier molecular flexibility index (Phi) is 27.1. The van der Waals surface area contributed by atoms with Crippen molar-refractivity contribution in [2.75, 3.05) is 6.61 Å². The van der Waals surface area contributed by atoms with Crippen molar-refractivity contribution >= 4 is 5.91 Å². The molecule has 0 saturated carbocycles. The SMILES string of the molecule is CCCCC/C=C/C/C=C/CCCCCCCC(=O)N[C@@H](CO)[C@H](O)CCCC/C=C/CCCCC. The van der Waals surface area contributed by atoms with Crippen LogP contribution in [0.2, 0.25) is 0 Å². The Balaban J connectivity index is 3.69. The second kappa shape index (κ2) is 28.2.